The number of nitrogens with two attached hydrogens (primary N) is 1. The average Bonchev–Trinajstić information content (AvgIpc) is 2.33. The first-order valence-corrected chi connectivity index (χ1v) is 5.94. The van der Waals surface area contributed by atoms with Crippen molar-refractivity contribution in [2.24, 2.45) is 5.73 Å². The van der Waals surface area contributed by atoms with E-state index in [2.05, 4.69) is 6.92 Å². The zero-order valence-electron chi connectivity index (χ0n) is 10.2. The predicted octanol–water partition coefficient (Wildman–Crippen LogP) is 2.03. The van der Waals surface area contributed by atoms with Crippen molar-refractivity contribution in [1.82, 2.24) is 4.90 Å². The zero-order valence-corrected chi connectivity index (χ0v) is 10.2. The van der Waals surface area contributed by atoms with Gasteiger partial charge >= 0.3 is 0 Å². The summed E-state index contributed by atoms with van der Waals surface area (Å²) >= 11 is 0. The van der Waals surface area contributed by atoms with E-state index < -0.39 is 0 Å². The van der Waals surface area contributed by atoms with Crippen molar-refractivity contribution in [3.05, 3.63) is 35.6 Å². The Kier molecular flexibility index (Phi) is 5.63. The normalized spacial score (nSPS) is 10.3. The van der Waals surface area contributed by atoms with Gasteiger partial charge in [-0.2, -0.15) is 0 Å². The van der Waals surface area contributed by atoms with Gasteiger partial charge in [0.2, 0.25) is 0 Å². The van der Waals surface area contributed by atoms with E-state index in [9.17, 15) is 9.18 Å². The number of carbonyl (C=O) groups is 1. The minimum Gasteiger partial charge on any atom is -0.337 e. The molecule has 1 aromatic rings. The minimum absolute atomic E-state index is 0.150. The molecule has 0 aliphatic carbocycles. The second-order valence-corrected chi connectivity index (χ2v) is 3.94. The van der Waals surface area contributed by atoms with Gasteiger partial charge in [-0.05, 0) is 24.6 Å². The lowest BCUT2D eigenvalue weighted by Gasteiger charge is -2.21. The molecule has 0 bridgehead atoms. The number of halogens is 1. The molecule has 0 spiro atoms. The molecular formula is C13H19FN2O. The van der Waals surface area contributed by atoms with Crippen molar-refractivity contribution in [3.8, 4) is 0 Å². The second kappa shape index (κ2) is 7.01. The van der Waals surface area contributed by atoms with Crippen LogP contribution in [0.5, 0.6) is 0 Å². The number of amides is 1. The lowest BCUT2D eigenvalue weighted by Crippen LogP contribution is -2.36. The van der Waals surface area contributed by atoms with E-state index in [1.54, 1.807) is 17.0 Å². The molecule has 0 saturated heterocycles. The monoisotopic (exact) mass is 238 g/mol. The molecule has 17 heavy (non-hydrogen) atoms. The SMILES string of the molecule is CCCCN(CCN)C(=O)c1cccc(F)c1. The van der Waals surface area contributed by atoms with Crippen LogP contribution in [0.25, 0.3) is 0 Å². The van der Waals surface area contributed by atoms with Gasteiger partial charge in [0.25, 0.3) is 5.91 Å². The molecule has 1 amide bonds. The molecule has 0 aliphatic heterocycles. The van der Waals surface area contributed by atoms with Crippen molar-refractivity contribution < 1.29 is 9.18 Å². The van der Waals surface area contributed by atoms with Gasteiger partial charge in [-0.1, -0.05) is 19.4 Å². The highest BCUT2D eigenvalue weighted by atomic mass is 19.1. The van der Waals surface area contributed by atoms with Crippen LogP contribution in [-0.4, -0.2) is 30.4 Å². The van der Waals surface area contributed by atoms with Crippen molar-refractivity contribution in [1.29, 1.82) is 0 Å². The molecule has 2 N–H and O–H groups in total. The number of rotatable bonds is 6. The minimum atomic E-state index is -0.390. The summed E-state index contributed by atoms with van der Waals surface area (Å²) in [6, 6.07) is 5.76. The summed E-state index contributed by atoms with van der Waals surface area (Å²) in [5.41, 5.74) is 5.86. The van der Waals surface area contributed by atoms with Gasteiger partial charge in [0.1, 0.15) is 5.82 Å². The van der Waals surface area contributed by atoms with Gasteiger partial charge < -0.3 is 10.6 Å². The predicted molar refractivity (Wildman–Crippen MR) is 66.3 cm³/mol. The van der Waals surface area contributed by atoms with Crippen LogP contribution < -0.4 is 5.73 Å². The van der Waals surface area contributed by atoms with Gasteiger partial charge in [-0.3, -0.25) is 4.79 Å². The smallest absolute Gasteiger partial charge is 0.253 e. The first kappa shape index (κ1) is 13.6. The Morgan fingerprint density at radius 1 is 1.41 bits per heavy atom. The van der Waals surface area contributed by atoms with Gasteiger partial charge in [0.05, 0.1) is 0 Å². The molecule has 94 valence electrons. The molecule has 0 aliphatic rings. The van der Waals surface area contributed by atoms with Crippen LogP contribution in [0.15, 0.2) is 24.3 Å². The van der Waals surface area contributed by atoms with Gasteiger partial charge in [0, 0.05) is 25.2 Å². The van der Waals surface area contributed by atoms with E-state index in [0.29, 0.717) is 25.2 Å². The summed E-state index contributed by atoms with van der Waals surface area (Å²) in [6.45, 7) is 3.66. The Labute approximate surface area is 101 Å². The number of carbonyl (C=O) groups excluding carboxylic acids is 1. The van der Waals surface area contributed by atoms with Crippen molar-refractivity contribution in [2.75, 3.05) is 19.6 Å². The van der Waals surface area contributed by atoms with Crippen LogP contribution in [0.2, 0.25) is 0 Å². The van der Waals surface area contributed by atoms with E-state index >= 15 is 0 Å². The molecule has 4 heteroatoms. The molecule has 0 aromatic heterocycles. The largest absolute Gasteiger partial charge is 0.337 e. The number of hydrogen-bond donors (Lipinski definition) is 1. The Morgan fingerprint density at radius 3 is 2.76 bits per heavy atom. The highest BCUT2D eigenvalue weighted by Gasteiger charge is 2.14. The molecule has 0 radical (unpaired) electrons. The number of unbranched alkanes of at least 4 members (excludes halogenated alkanes) is 1. The first-order valence-electron chi connectivity index (χ1n) is 5.94. The third-order valence-corrected chi connectivity index (χ3v) is 2.54. The fourth-order valence-corrected chi connectivity index (χ4v) is 1.62. The summed E-state index contributed by atoms with van der Waals surface area (Å²) < 4.78 is 13.0. The van der Waals surface area contributed by atoms with Crippen molar-refractivity contribution in [3.63, 3.8) is 0 Å². The van der Waals surface area contributed by atoms with Crippen molar-refractivity contribution in [2.45, 2.75) is 19.8 Å². The Morgan fingerprint density at radius 2 is 2.18 bits per heavy atom. The highest BCUT2D eigenvalue weighted by molar-refractivity contribution is 5.94. The number of benzene rings is 1. The second-order valence-electron chi connectivity index (χ2n) is 3.94. The quantitative estimate of drug-likeness (QED) is 0.824. The maximum atomic E-state index is 13.0. The maximum absolute atomic E-state index is 13.0. The van der Waals surface area contributed by atoms with E-state index in [1.165, 1.54) is 12.1 Å². The molecular weight excluding hydrogens is 219 g/mol. The first-order chi connectivity index (χ1) is 8.19. The maximum Gasteiger partial charge on any atom is 0.253 e. The van der Waals surface area contributed by atoms with Crippen LogP contribution in [-0.2, 0) is 0 Å². The summed E-state index contributed by atoms with van der Waals surface area (Å²) in [5.74, 6) is -0.539. The van der Waals surface area contributed by atoms with Crippen LogP contribution in [0.3, 0.4) is 0 Å². The molecule has 0 atom stereocenters. The average molecular weight is 238 g/mol. The topological polar surface area (TPSA) is 46.3 Å². The van der Waals surface area contributed by atoms with E-state index in [0.717, 1.165) is 12.8 Å². The number of hydrogen-bond acceptors (Lipinski definition) is 2. The fourth-order valence-electron chi connectivity index (χ4n) is 1.62. The number of nitrogens with zero attached hydrogens (tertiary/aromatic N) is 1. The molecule has 3 nitrogen and oxygen atoms in total. The van der Waals surface area contributed by atoms with Gasteiger partial charge in [0.15, 0.2) is 0 Å². The third-order valence-electron chi connectivity index (χ3n) is 2.54. The molecule has 0 unspecified atom stereocenters. The lowest BCUT2D eigenvalue weighted by molar-refractivity contribution is 0.0757. The standard InChI is InChI=1S/C13H19FN2O/c1-2-3-8-16(9-7-15)13(17)11-5-4-6-12(14)10-11/h4-6,10H,2-3,7-9,15H2,1H3. The van der Waals surface area contributed by atoms with Crippen LogP contribution in [0.1, 0.15) is 30.1 Å². The molecule has 1 rings (SSSR count). The molecule has 0 fully saturated rings. The zero-order chi connectivity index (χ0) is 12.7. The van der Waals surface area contributed by atoms with Crippen LogP contribution in [0.4, 0.5) is 4.39 Å². The highest BCUT2D eigenvalue weighted by Crippen LogP contribution is 2.08. The van der Waals surface area contributed by atoms with E-state index in [1.807, 2.05) is 0 Å². The van der Waals surface area contributed by atoms with Crippen LogP contribution in [0, 0.1) is 5.82 Å². The van der Waals surface area contributed by atoms with Crippen LogP contribution >= 0.6 is 0 Å². The Bertz CT molecular complexity index is 368. The summed E-state index contributed by atoms with van der Waals surface area (Å²) in [7, 11) is 0. The molecule has 0 heterocycles. The fraction of sp³-hybridized carbons (Fsp3) is 0.462. The van der Waals surface area contributed by atoms with Gasteiger partial charge in [-0.25, -0.2) is 4.39 Å². The summed E-state index contributed by atoms with van der Waals surface area (Å²) in [5, 5.41) is 0. The molecule has 0 saturated carbocycles. The summed E-state index contributed by atoms with van der Waals surface area (Å²) in [4.78, 5) is 13.8. The lowest BCUT2D eigenvalue weighted by atomic mass is 10.2. The molecule has 1 aromatic carbocycles. The Balaban J connectivity index is 2.76. The van der Waals surface area contributed by atoms with E-state index in [4.69, 9.17) is 5.73 Å². The summed E-state index contributed by atoms with van der Waals surface area (Å²) in [6.07, 6.45) is 1.94. The third kappa shape index (κ3) is 4.15. The van der Waals surface area contributed by atoms with Crippen molar-refractivity contribution >= 4 is 5.91 Å². The van der Waals surface area contributed by atoms with E-state index in [-0.39, 0.29) is 11.7 Å². The van der Waals surface area contributed by atoms with Gasteiger partial charge in [-0.15, -0.1) is 0 Å². The Hall–Kier alpha value is -1.42.